The molecule has 0 spiro atoms. The van der Waals surface area contributed by atoms with Crippen LogP contribution in [0.1, 0.15) is 30.7 Å². The molecule has 9 heteroatoms. The highest BCUT2D eigenvalue weighted by Gasteiger charge is 2.34. The number of hydrogen-bond donors (Lipinski definition) is 1. The van der Waals surface area contributed by atoms with Crippen molar-refractivity contribution in [1.29, 1.82) is 0 Å². The summed E-state index contributed by atoms with van der Waals surface area (Å²) in [7, 11) is 0. The Balaban J connectivity index is 1.25. The maximum absolute atomic E-state index is 12.5. The lowest BCUT2D eigenvalue weighted by Crippen LogP contribution is -2.24. The van der Waals surface area contributed by atoms with Crippen LogP contribution in [0.5, 0.6) is 5.75 Å². The summed E-state index contributed by atoms with van der Waals surface area (Å²) in [6, 6.07) is 13.2. The Morgan fingerprint density at radius 1 is 1.26 bits per heavy atom. The molecule has 1 N–H and O–H groups in total. The molecule has 5 rings (SSSR count). The van der Waals surface area contributed by atoms with Gasteiger partial charge < -0.3 is 18.6 Å². The van der Waals surface area contributed by atoms with Crippen molar-refractivity contribution < 1.29 is 18.5 Å². The number of nitrogens with one attached hydrogen (secondary N) is 1. The summed E-state index contributed by atoms with van der Waals surface area (Å²) in [6.07, 6.45) is 1.95. The van der Waals surface area contributed by atoms with Gasteiger partial charge in [0.25, 0.3) is 5.89 Å². The van der Waals surface area contributed by atoms with Crippen LogP contribution in [0.15, 0.2) is 57.7 Å². The van der Waals surface area contributed by atoms with Gasteiger partial charge in [-0.3, -0.25) is 9.89 Å². The largest absolute Gasteiger partial charge is 0.494 e. The first-order chi connectivity index (χ1) is 15.2. The molecule has 1 aromatic carbocycles. The number of nitrogens with zero attached hydrogens (tertiary/aromatic N) is 4. The zero-order valence-corrected chi connectivity index (χ0v) is 16.9. The SMILES string of the molecule is CCOc1ccc(CN2CC(c3noc(-c4cc(-c5ccco5)n[nH]4)n3)CC2=O)cc1. The van der Waals surface area contributed by atoms with E-state index in [-0.39, 0.29) is 11.8 Å². The molecule has 9 nitrogen and oxygen atoms in total. The van der Waals surface area contributed by atoms with Crippen LogP contribution in [0, 0.1) is 0 Å². The molecule has 0 bridgehead atoms. The van der Waals surface area contributed by atoms with Crippen molar-refractivity contribution >= 4 is 5.91 Å². The van der Waals surface area contributed by atoms with E-state index >= 15 is 0 Å². The number of H-pyrrole nitrogens is 1. The molecule has 4 heterocycles. The number of amides is 1. The van der Waals surface area contributed by atoms with Crippen molar-refractivity contribution in [2.45, 2.75) is 25.8 Å². The van der Waals surface area contributed by atoms with Crippen molar-refractivity contribution in [1.82, 2.24) is 25.2 Å². The number of hydrogen-bond acceptors (Lipinski definition) is 7. The van der Waals surface area contributed by atoms with Gasteiger partial charge in [-0.1, -0.05) is 17.3 Å². The highest BCUT2D eigenvalue weighted by molar-refractivity contribution is 5.79. The molecule has 1 aliphatic rings. The molecule has 4 aromatic rings. The fourth-order valence-corrected chi connectivity index (χ4v) is 3.67. The van der Waals surface area contributed by atoms with Crippen molar-refractivity contribution in [2.24, 2.45) is 0 Å². The van der Waals surface area contributed by atoms with E-state index in [9.17, 15) is 4.79 Å². The summed E-state index contributed by atoms with van der Waals surface area (Å²) < 4.78 is 16.2. The van der Waals surface area contributed by atoms with E-state index in [1.54, 1.807) is 18.4 Å². The summed E-state index contributed by atoms with van der Waals surface area (Å²) in [4.78, 5) is 18.8. The Bertz CT molecular complexity index is 1160. The fraction of sp³-hybridized carbons (Fsp3) is 0.273. The van der Waals surface area contributed by atoms with E-state index in [0.717, 1.165) is 11.3 Å². The minimum absolute atomic E-state index is 0.0758. The number of carbonyl (C=O) groups is 1. The van der Waals surface area contributed by atoms with Crippen LogP contribution in [0.3, 0.4) is 0 Å². The van der Waals surface area contributed by atoms with Crippen LogP contribution in [-0.2, 0) is 11.3 Å². The summed E-state index contributed by atoms with van der Waals surface area (Å²) in [5.41, 5.74) is 2.30. The second-order valence-electron chi connectivity index (χ2n) is 7.35. The molecule has 1 unspecified atom stereocenters. The Morgan fingerprint density at radius 3 is 2.90 bits per heavy atom. The average Bonchev–Trinajstić information content (AvgIpc) is 3.57. The number of rotatable bonds is 7. The molecule has 31 heavy (non-hydrogen) atoms. The van der Waals surface area contributed by atoms with Crippen LogP contribution < -0.4 is 4.74 Å². The van der Waals surface area contributed by atoms with Crippen molar-refractivity contribution in [3.63, 3.8) is 0 Å². The third-order valence-electron chi connectivity index (χ3n) is 5.21. The molecule has 1 fully saturated rings. The Kier molecular flexibility index (Phi) is 4.99. The third-order valence-corrected chi connectivity index (χ3v) is 5.21. The first kappa shape index (κ1) is 19.1. The first-order valence-corrected chi connectivity index (χ1v) is 10.1. The van der Waals surface area contributed by atoms with Gasteiger partial charge in [-0.2, -0.15) is 10.1 Å². The number of carbonyl (C=O) groups excluding carboxylic acids is 1. The van der Waals surface area contributed by atoms with Crippen LogP contribution in [0.2, 0.25) is 0 Å². The van der Waals surface area contributed by atoms with Gasteiger partial charge in [-0.15, -0.1) is 0 Å². The smallest absolute Gasteiger partial charge is 0.275 e. The lowest BCUT2D eigenvalue weighted by Gasteiger charge is -2.16. The van der Waals surface area contributed by atoms with Gasteiger partial charge in [0.05, 0.1) is 12.9 Å². The Hall–Kier alpha value is -3.88. The average molecular weight is 419 g/mol. The number of likely N-dealkylation sites (tertiary alicyclic amines) is 1. The molecule has 0 saturated carbocycles. The predicted molar refractivity (Wildman–Crippen MR) is 110 cm³/mol. The zero-order chi connectivity index (χ0) is 21.2. The van der Waals surface area contributed by atoms with Crippen LogP contribution >= 0.6 is 0 Å². The van der Waals surface area contributed by atoms with Crippen LogP contribution in [0.4, 0.5) is 0 Å². The monoisotopic (exact) mass is 419 g/mol. The second kappa shape index (κ2) is 8.10. The minimum Gasteiger partial charge on any atom is -0.494 e. The molecular formula is C22H21N5O4. The van der Waals surface area contributed by atoms with Gasteiger partial charge in [0, 0.05) is 31.5 Å². The molecule has 1 atom stereocenters. The van der Waals surface area contributed by atoms with Gasteiger partial charge in [-0.25, -0.2) is 0 Å². The Morgan fingerprint density at radius 2 is 2.13 bits per heavy atom. The van der Waals surface area contributed by atoms with Gasteiger partial charge in [-0.05, 0) is 36.8 Å². The van der Waals surface area contributed by atoms with Crippen molar-refractivity contribution in [3.8, 4) is 28.8 Å². The van der Waals surface area contributed by atoms with Gasteiger partial charge in [0.15, 0.2) is 11.6 Å². The summed E-state index contributed by atoms with van der Waals surface area (Å²) in [6.45, 7) is 3.66. The lowest BCUT2D eigenvalue weighted by atomic mass is 10.1. The number of aromatic nitrogens is 4. The van der Waals surface area contributed by atoms with Crippen LogP contribution in [0.25, 0.3) is 23.0 Å². The highest BCUT2D eigenvalue weighted by Crippen LogP contribution is 2.30. The third kappa shape index (κ3) is 3.94. The molecule has 158 valence electrons. The quantitative estimate of drug-likeness (QED) is 0.487. The maximum Gasteiger partial charge on any atom is 0.275 e. The molecule has 1 aliphatic heterocycles. The highest BCUT2D eigenvalue weighted by atomic mass is 16.5. The maximum atomic E-state index is 12.5. The molecule has 0 aliphatic carbocycles. The standard InChI is InChI=1S/C22H21N5O4/c1-2-29-16-7-5-14(6-8-16)12-27-13-15(10-20(27)28)21-23-22(31-26-21)18-11-17(24-25-18)19-4-3-9-30-19/h3-9,11,15H,2,10,12-13H2,1H3,(H,24,25). The summed E-state index contributed by atoms with van der Waals surface area (Å²) >= 11 is 0. The fourth-order valence-electron chi connectivity index (χ4n) is 3.67. The van der Waals surface area contributed by atoms with Gasteiger partial charge in [0.1, 0.15) is 17.1 Å². The van der Waals surface area contributed by atoms with E-state index in [2.05, 4.69) is 20.3 Å². The molecule has 3 aromatic heterocycles. The number of ether oxygens (including phenoxy) is 1. The number of furan rings is 1. The van der Waals surface area contributed by atoms with Gasteiger partial charge in [0.2, 0.25) is 5.91 Å². The van der Waals surface area contributed by atoms with Crippen molar-refractivity contribution in [2.75, 3.05) is 13.2 Å². The first-order valence-electron chi connectivity index (χ1n) is 10.1. The number of benzene rings is 1. The number of aromatic amines is 1. The summed E-state index contributed by atoms with van der Waals surface area (Å²) in [5, 5.41) is 11.2. The molecule has 1 saturated heterocycles. The molecule has 0 radical (unpaired) electrons. The normalized spacial score (nSPS) is 16.2. The zero-order valence-electron chi connectivity index (χ0n) is 16.9. The molecular weight excluding hydrogens is 398 g/mol. The minimum atomic E-state index is -0.111. The van der Waals surface area contributed by atoms with E-state index in [1.165, 1.54) is 0 Å². The van der Waals surface area contributed by atoms with E-state index in [1.807, 2.05) is 42.2 Å². The summed E-state index contributed by atoms with van der Waals surface area (Å²) in [5.74, 6) is 2.29. The lowest BCUT2D eigenvalue weighted by molar-refractivity contribution is -0.128. The van der Waals surface area contributed by atoms with Crippen molar-refractivity contribution in [3.05, 3.63) is 60.1 Å². The second-order valence-corrected chi connectivity index (χ2v) is 7.35. The van der Waals surface area contributed by atoms with Crippen LogP contribution in [-0.4, -0.2) is 44.3 Å². The molecule has 1 amide bonds. The Labute approximate surface area is 178 Å². The predicted octanol–water partition coefficient (Wildman–Crippen LogP) is 3.63. The van der Waals surface area contributed by atoms with Gasteiger partial charge >= 0.3 is 0 Å². The topological polar surface area (TPSA) is 110 Å². The van der Waals surface area contributed by atoms with E-state index in [4.69, 9.17) is 13.7 Å². The van der Waals surface area contributed by atoms with E-state index in [0.29, 0.717) is 55.0 Å². The van der Waals surface area contributed by atoms with E-state index < -0.39 is 0 Å².